The van der Waals surface area contributed by atoms with Gasteiger partial charge in [0, 0.05) is 30.1 Å². The molecule has 28 heavy (non-hydrogen) atoms. The van der Waals surface area contributed by atoms with Crippen LogP contribution in [0.25, 0.3) is 33.4 Å². The largest absolute Gasteiger partial charge is 0.392 e. The van der Waals surface area contributed by atoms with E-state index in [2.05, 4.69) is 20.3 Å². The van der Waals surface area contributed by atoms with Crippen LogP contribution in [-0.4, -0.2) is 32.7 Å². The Labute approximate surface area is 168 Å². The Hall–Kier alpha value is -2.96. The molecule has 0 amide bonds. The molecule has 5 nitrogen and oxygen atoms in total. The lowest BCUT2D eigenvalue weighted by Gasteiger charge is -2.10. The van der Waals surface area contributed by atoms with Crippen molar-refractivity contribution >= 4 is 29.3 Å². The first kappa shape index (κ1) is 19.8. The predicted octanol–water partition coefficient (Wildman–Crippen LogP) is 4.65. The molecule has 0 bridgehead atoms. The van der Waals surface area contributed by atoms with Gasteiger partial charge in [-0.05, 0) is 48.9 Å². The van der Waals surface area contributed by atoms with Gasteiger partial charge < -0.3 is 15.4 Å². The van der Waals surface area contributed by atoms with Gasteiger partial charge in [-0.2, -0.15) is 0 Å². The molecule has 3 N–H and O–H groups in total. The van der Waals surface area contributed by atoms with Crippen molar-refractivity contribution in [2.75, 3.05) is 11.9 Å². The number of H-pyrrole nitrogens is 1. The topological polar surface area (TPSA) is 73.8 Å². The number of pyridine rings is 2. The molecule has 1 aromatic carbocycles. The zero-order valence-electron chi connectivity index (χ0n) is 15.2. The zero-order chi connectivity index (χ0) is 18.8. The molecule has 0 fully saturated rings. The van der Waals surface area contributed by atoms with Gasteiger partial charge in [0.2, 0.25) is 0 Å². The summed E-state index contributed by atoms with van der Waals surface area (Å²) in [4.78, 5) is 12.2. The van der Waals surface area contributed by atoms with E-state index in [1.807, 2.05) is 24.3 Å². The summed E-state index contributed by atoms with van der Waals surface area (Å²) < 4.78 is 13.4. The van der Waals surface area contributed by atoms with Crippen LogP contribution in [0.1, 0.15) is 6.92 Å². The van der Waals surface area contributed by atoms with Crippen molar-refractivity contribution in [2.45, 2.75) is 13.0 Å². The first-order valence-electron chi connectivity index (χ1n) is 8.73. The van der Waals surface area contributed by atoms with E-state index in [0.29, 0.717) is 12.4 Å². The second kappa shape index (κ2) is 8.37. The molecule has 0 unspecified atom stereocenters. The van der Waals surface area contributed by atoms with Crippen LogP contribution in [0.3, 0.4) is 0 Å². The van der Waals surface area contributed by atoms with Crippen LogP contribution >= 0.6 is 12.4 Å². The summed E-state index contributed by atoms with van der Waals surface area (Å²) in [5.41, 5.74) is 5.34. The van der Waals surface area contributed by atoms with Gasteiger partial charge in [-0.1, -0.05) is 12.1 Å². The number of hydrogen-bond donors (Lipinski definition) is 3. The van der Waals surface area contributed by atoms with E-state index in [9.17, 15) is 9.50 Å². The number of aliphatic hydroxyl groups is 1. The first-order chi connectivity index (χ1) is 13.1. The van der Waals surface area contributed by atoms with E-state index in [4.69, 9.17) is 0 Å². The second-order valence-electron chi connectivity index (χ2n) is 6.44. The summed E-state index contributed by atoms with van der Waals surface area (Å²) in [6, 6.07) is 14.1. The summed E-state index contributed by atoms with van der Waals surface area (Å²) in [6.45, 7) is 2.13. The number of benzene rings is 1. The number of aromatic nitrogens is 3. The molecule has 0 aliphatic carbocycles. The molecule has 1 atom stereocenters. The number of nitrogens with zero attached hydrogens (tertiary/aromatic N) is 2. The smallest absolute Gasteiger partial charge is 0.126 e. The Morgan fingerprint density at radius 1 is 1.07 bits per heavy atom. The lowest BCUT2D eigenvalue weighted by molar-refractivity contribution is 0.208. The number of halogens is 2. The molecule has 0 spiro atoms. The maximum atomic E-state index is 13.4. The predicted molar refractivity (Wildman–Crippen MR) is 112 cm³/mol. The highest BCUT2D eigenvalue weighted by atomic mass is 35.5. The number of anilines is 1. The molecule has 0 aliphatic heterocycles. The Morgan fingerprint density at radius 3 is 2.61 bits per heavy atom. The molecule has 3 heterocycles. The van der Waals surface area contributed by atoms with Crippen molar-refractivity contribution in [1.29, 1.82) is 0 Å². The minimum atomic E-state index is -0.470. The maximum Gasteiger partial charge on any atom is 0.126 e. The summed E-state index contributed by atoms with van der Waals surface area (Å²) >= 11 is 0. The van der Waals surface area contributed by atoms with Crippen LogP contribution in [0, 0.1) is 5.82 Å². The van der Waals surface area contributed by atoms with Crippen molar-refractivity contribution in [3.63, 3.8) is 0 Å². The molecule has 144 valence electrons. The van der Waals surface area contributed by atoms with Gasteiger partial charge in [0.15, 0.2) is 0 Å². The van der Waals surface area contributed by atoms with E-state index in [0.717, 1.165) is 33.4 Å². The van der Waals surface area contributed by atoms with Crippen LogP contribution in [0.2, 0.25) is 0 Å². The molecule has 4 aromatic rings. The van der Waals surface area contributed by atoms with Gasteiger partial charge in [-0.15, -0.1) is 12.4 Å². The molecular formula is C21H20ClFN4O. The normalized spacial score (nSPS) is 11.8. The minimum absolute atomic E-state index is 0. The average Bonchev–Trinajstić information content (AvgIpc) is 3.07. The van der Waals surface area contributed by atoms with Crippen molar-refractivity contribution in [2.24, 2.45) is 0 Å². The van der Waals surface area contributed by atoms with Gasteiger partial charge in [0.05, 0.1) is 22.8 Å². The number of hydrogen-bond acceptors (Lipinski definition) is 4. The van der Waals surface area contributed by atoms with Crippen LogP contribution in [0.4, 0.5) is 10.2 Å². The van der Waals surface area contributed by atoms with Crippen LogP contribution in [0.5, 0.6) is 0 Å². The monoisotopic (exact) mass is 398 g/mol. The third kappa shape index (κ3) is 3.98. The van der Waals surface area contributed by atoms with Crippen molar-refractivity contribution in [3.05, 3.63) is 66.7 Å². The van der Waals surface area contributed by atoms with E-state index in [1.54, 1.807) is 31.5 Å². The van der Waals surface area contributed by atoms with Gasteiger partial charge in [-0.3, -0.25) is 4.98 Å². The fraction of sp³-hybridized carbons (Fsp3) is 0.143. The minimum Gasteiger partial charge on any atom is -0.392 e. The summed E-state index contributed by atoms with van der Waals surface area (Å²) in [7, 11) is 0. The van der Waals surface area contributed by atoms with Gasteiger partial charge in [0.1, 0.15) is 11.6 Å². The van der Waals surface area contributed by atoms with E-state index >= 15 is 0 Å². The number of rotatable bonds is 5. The highest BCUT2D eigenvalue weighted by Gasteiger charge is 2.16. The second-order valence-corrected chi connectivity index (χ2v) is 6.44. The summed E-state index contributed by atoms with van der Waals surface area (Å²) in [5, 5.41) is 12.6. The highest BCUT2D eigenvalue weighted by Crippen LogP contribution is 2.37. The summed E-state index contributed by atoms with van der Waals surface area (Å²) in [5.74, 6) is 0.395. The van der Waals surface area contributed by atoms with Crippen LogP contribution in [0.15, 0.2) is 60.9 Å². The van der Waals surface area contributed by atoms with Crippen molar-refractivity contribution in [1.82, 2.24) is 15.0 Å². The molecule has 0 radical (unpaired) electrons. The lowest BCUT2D eigenvalue weighted by atomic mass is 10.0. The SMILES string of the molecule is C[C@H](O)CNc1cc(-c2[nH]c3cccnc3c2-c2ccc(F)cc2)ccn1.Cl. The fourth-order valence-electron chi connectivity index (χ4n) is 3.07. The average molecular weight is 399 g/mol. The molecule has 7 heteroatoms. The van der Waals surface area contributed by atoms with Crippen LogP contribution < -0.4 is 5.32 Å². The number of nitrogens with one attached hydrogen (secondary N) is 2. The Morgan fingerprint density at radius 2 is 1.86 bits per heavy atom. The molecule has 4 rings (SSSR count). The van der Waals surface area contributed by atoms with Crippen LogP contribution in [-0.2, 0) is 0 Å². The van der Waals surface area contributed by atoms with Gasteiger partial charge in [0.25, 0.3) is 0 Å². The number of aliphatic hydroxyl groups excluding tert-OH is 1. The molecule has 3 aromatic heterocycles. The molecular weight excluding hydrogens is 379 g/mol. The number of aromatic amines is 1. The number of fused-ring (bicyclic) bond motifs is 1. The molecule has 0 aliphatic rings. The maximum absolute atomic E-state index is 13.4. The van der Waals surface area contributed by atoms with Crippen molar-refractivity contribution < 1.29 is 9.50 Å². The van der Waals surface area contributed by atoms with Crippen molar-refractivity contribution in [3.8, 4) is 22.4 Å². The zero-order valence-corrected chi connectivity index (χ0v) is 16.0. The summed E-state index contributed by atoms with van der Waals surface area (Å²) in [6.07, 6.45) is 2.99. The third-order valence-corrected chi connectivity index (χ3v) is 4.31. The first-order valence-corrected chi connectivity index (χ1v) is 8.73. The molecule has 0 saturated heterocycles. The van der Waals surface area contributed by atoms with E-state index in [1.165, 1.54) is 12.1 Å². The fourth-order valence-corrected chi connectivity index (χ4v) is 3.07. The highest BCUT2D eigenvalue weighted by molar-refractivity contribution is 6.01. The van der Waals surface area contributed by atoms with E-state index in [-0.39, 0.29) is 18.2 Å². The van der Waals surface area contributed by atoms with Gasteiger partial charge >= 0.3 is 0 Å². The Kier molecular flexibility index (Phi) is 5.92. The van der Waals surface area contributed by atoms with Gasteiger partial charge in [-0.25, -0.2) is 9.37 Å². The van der Waals surface area contributed by atoms with E-state index < -0.39 is 6.10 Å². The third-order valence-electron chi connectivity index (χ3n) is 4.31. The standard InChI is InChI=1S/C21H19FN4O.ClH/c1-13(27)12-25-18-11-15(8-10-23-18)20-19(14-4-6-16(22)7-5-14)21-17(26-20)3-2-9-24-21;/h2-11,13,26-27H,12H2,1H3,(H,23,25);1H/t13-;/m0./s1. The Balaban J connectivity index is 0.00000225. The lowest BCUT2D eigenvalue weighted by Crippen LogP contribution is -2.15. The molecule has 0 saturated carbocycles. The Bertz CT molecular complexity index is 1080. The quantitative estimate of drug-likeness (QED) is 0.457.